The largest absolute Gasteiger partial charge is 0.446 e. The third-order valence-corrected chi connectivity index (χ3v) is 3.41. The number of alkyl halides is 4. The molecule has 0 saturated carbocycles. The first kappa shape index (κ1) is 15.3. The molecule has 0 heterocycles. The van der Waals surface area contributed by atoms with Crippen molar-refractivity contribution in [2.24, 2.45) is 0 Å². The molecule has 0 saturated heterocycles. The number of carbonyl (C=O) groups excluding carboxylic acids is 1. The summed E-state index contributed by atoms with van der Waals surface area (Å²) in [5.41, 5.74) is -3.85. The van der Waals surface area contributed by atoms with Gasteiger partial charge in [-0.3, -0.25) is 4.79 Å². The minimum absolute atomic E-state index is 0.0680. The number of ketones is 1. The molecule has 18 heavy (non-hydrogen) atoms. The van der Waals surface area contributed by atoms with E-state index in [1.54, 1.807) is 0 Å². The molecule has 0 spiro atoms. The topological polar surface area (TPSA) is 37.3 Å². The van der Waals surface area contributed by atoms with Crippen LogP contribution < -0.4 is 0 Å². The zero-order chi connectivity index (χ0) is 13.9. The predicted molar refractivity (Wildman–Crippen MR) is 63.6 cm³/mol. The molecule has 0 amide bonds. The second-order valence-corrected chi connectivity index (χ2v) is 5.11. The molecule has 1 rings (SSSR count). The number of hydrogen-bond acceptors (Lipinski definition) is 3. The lowest BCUT2D eigenvalue weighted by molar-refractivity contribution is -0.116. The predicted octanol–water partition coefficient (Wildman–Crippen LogP) is 3.66. The summed E-state index contributed by atoms with van der Waals surface area (Å²) in [5.74, 6) is -0.388. The lowest BCUT2D eigenvalue weighted by Gasteiger charge is -2.13. The second kappa shape index (κ2) is 5.95. The fourth-order valence-corrected chi connectivity index (χ4v) is 2.16. The molecule has 0 radical (unpaired) electrons. The number of benzene rings is 1. The van der Waals surface area contributed by atoms with E-state index >= 15 is 0 Å². The van der Waals surface area contributed by atoms with Crippen molar-refractivity contribution in [3.05, 3.63) is 29.3 Å². The standard InChI is InChI=1S/C11H10ClF3O2S/c1-6(17)10(12)9-4-8(18-11(13,14)15)3-2-7(9)5-16/h2-4,10,16H,5H2,1H3. The van der Waals surface area contributed by atoms with Gasteiger partial charge in [-0.25, -0.2) is 0 Å². The zero-order valence-electron chi connectivity index (χ0n) is 9.29. The average Bonchev–Trinajstić information content (AvgIpc) is 2.25. The van der Waals surface area contributed by atoms with Gasteiger partial charge < -0.3 is 5.11 Å². The Labute approximate surface area is 111 Å². The molecule has 1 aromatic rings. The van der Waals surface area contributed by atoms with E-state index in [9.17, 15) is 18.0 Å². The Morgan fingerprint density at radius 1 is 1.50 bits per heavy atom. The third-order valence-electron chi connectivity index (χ3n) is 2.15. The first-order valence-electron chi connectivity index (χ1n) is 4.88. The fraction of sp³-hybridized carbons (Fsp3) is 0.364. The monoisotopic (exact) mass is 298 g/mol. The normalized spacial score (nSPS) is 13.4. The van der Waals surface area contributed by atoms with Gasteiger partial charge >= 0.3 is 5.51 Å². The van der Waals surface area contributed by atoms with Crippen LogP contribution in [0.2, 0.25) is 0 Å². The maximum atomic E-state index is 12.2. The van der Waals surface area contributed by atoms with E-state index in [1.165, 1.54) is 25.1 Å². The van der Waals surface area contributed by atoms with Crippen molar-refractivity contribution in [1.29, 1.82) is 0 Å². The molecule has 7 heteroatoms. The number of hydrogen-bond donors (Lipinski definition) is 1. The van der Waals surface area contributed by atoms with Gasteiger partial charge in [0.05, 0.1) is 6.61 Å². The Morgan fingerprint density at radius 2 is 2.11 bits per heavy atom. The number of halogens is 4. The maximum absolute atomic E-state index is 12.2. The van der Waals surface area contributed by atoms with Gasteiger partial charge in [-0.2, -0.15) is 13.2 Å². The number of aliphatic hydroxyl groups is 1. The van der Waals surface area contributed by atoms with E-state index in [0.717, 1.165) is 0 Å². The molecular formula is C11H10ClF3O2S. The highest BCUT2D eigenvalue weighted by molar-refractivity contribution is 8.00. The molecule has 0 aliphatic heterocycles. The quantitative estimate of drug-likeness (QED) is 0.681. The highest BCUT2D eigenvalue weighted by atomic mass is 35.5. The van der Waals surface area contributed by atoms with Crippen LogP contribution >= 0.6 is 23.4 Å². The average molecular weight is 299 g/mol. The van der Waals surface area contributed by atoms with Crippen molar-refractivity contribution < 1.29 is 23.1 Å². The lowest BCUT2D eigenvalue weighted by Crippen LogP contribution is -2.06. The molecule has 0 aromatic heterocycles. The molecule has 100 valence electrons. The molecule has 0 bridgehead atoms. The van der Waals surface area contributed by atoms with Gasteiger partial charge in [0.1, 0.15) is 5.38 Å². The first-order chi connectivity index (χ1) is 8.24. The molecule has 0 fully saturated rings. The Kier molecular flexibility index (Phi) is 5.07. The first-order valence-corrected chi connectivity index (χ1v) is 6.14. The molecule has 1 atom stereocenters. The van der Waals surface area contributed by atoms with Gasteiger partial charge in [0.15, 0.2) is 5.78 Å². The van der Waals surface area contributed by atoms with Crippen LogP contribution in [0.1, 0.15) is 23.4 Å². The van der Waals surface area contributed by atoms with Crippen LogP contribution in [0.5, 0.6) is 0 Å². The molecular weight excluding hydrogens is 289 g/mol. The van der Waals surface area contributed by atoms with Crippen LogP contribution in [0.3, 0.4) is 0 Å². The summed E-state index contributed by atoms with van der Waals surface area (Å²) in [4.78, 5) is 11.1. The van der Waals surface area contributed by atoms with Crippen LogP contribution in [0.15, 0.2) is 23.1 Å². The van der Waals surface area contributed by atoms with E-state index in [0.29, 0.717) is 5.56 Å². The number of thioether (sulfide) groups is 1. The summed E-state index contributed by atoms with van der Waals surface area (Å²) in [5, 5.41) is 8.02. The third kappa shape index (κ3) is 4.19. The Morgan fingerprint density at radius 3 is 2.56 bits per heavy atom. The summed E-state index contributed by atoms with van der Waals surface area (Å²) in [7, 11) is 0. The minimum Gasteiger partial charge on any atom is -0.392 e. The van der Waals surface area contributed by atoms with E-state index < -0.39 is 10.9 Å². The van der Waals surface area contributed by atoms with Crippen molar-refractivity contribution in [3.63, 3.8) is 0 Å². The minimum atomic E-state index is -4.41. The van der Waals surface area contributed by atoms with E-state index in [4.69, 9.17) is 16.7 Å². The van der Waals surface area contributed by atoms with E-state index in [-0.39, 0.29) is 34.6 Å². The van der Waals surface area contributed by atoms with Gasteiger partial charge in [-0.15, -0.1) is 11.6 Å². The Hall–Kier alpha value is -0.720. The summed E-state index contributed by atoms with van der Waals surface area (Å²) >= 11 is 5.53. The van der Waals surface area contributed by atoms with Gasteiger partial charge in [-0.05, 0) is 41.9 Å². The van der Waals surface area contributed by atoms with Crippen molar-refractivity contribution in [2.45, 2.75) is 29.3 Å². The molecule has 1 unspecified atom stereocenters. The number of rotatable bonds is 4. The highest BCUT2D eigenvalue weighted by Crippen LogP contribution is 2.39. The maximum Gasteiger partial charge on any atom is 0.446 e. The lowest BCUT2D eigenvalue weighted by atomic mass is 10.0. The molecule has 1 aromatic carbocycles. The SMILES string of the molecule is CC(=O)C(Cl)c1cc(SC(F)(F)F)ccc1CO. The van der Waals surface area contributed by atoms with Gasteiger partial charge in [0.2, 0.25) is 0 Å². The molecule has 0 aliphatic carbocycles. The van der Waals surface area contributed by atoms with Gasteiger partial charge in [0.25, 0.3) is 0 Å². The van der Waals surface area contributed by atoms with Crippen molar-refractivity contribution in [3.8, 4) is 0 Å². The second-order valence-electron chi connectivity index (χ2n) is 3.54. The number of carbonyl (C=O) groups is 1. The van der Waals surface area contributed by atoms with Gasteiger partial charge in [0, 0.05) is 4.90 Å². The van der Waals surface area contributed by atoms with Crippen LogP contribution in [0.4, 0.5) is 13.2 Å². The Bertz CT molecular complexity index is 448. The summed E-state index contributed by atoms with van der Waals surface area (Å²) < 4.78 is 36.7. The van der Waals surface area contributed by atoms with Crippen LogP contribution in [-0.4, -0.2) is 16.4 Å². The highest BCUT2D eigenvalue weighted by Gasteiger charge is 2.30. The Balaban J connectivity index is 3.13. The van der Waals surface area contributed by atoms with Crippen molar-refractivity contribution in [2.75, 3.05) is 0 Å². The molecule has 0 aliphatic rings. The smallest absolute Gasteiger partial charge is 0.392 e. The fourth-order valence-electron chi connectivity index (χ4n) is 1.37. The van der Waals surface area contributed by atoms with E-state index in [2.05, 4.69) is 0 Å². The van der Waals surface area contributed by atoms with Gasteiger partial charge in [-0.1, -0.05) is 6.07 Å². The summed E-state index contributed by atoms with van der Waals surface area (Å²) in [6.07, 6.45) is 0. The van der Waals surface area contributed by atoms with Crippen molar-refractivity contribution >= 4 is 29.1 Å². The molecule has 2 nitrogen and oxygen atoms in total. The van der Waals surface area contributed by atoms with Crippen LogP contribution in [0, 0.1) is 0 Å². The number of Topliss-reactive ketones (excluding diaryl/α,β-unsaturated/α-hetero) is 1. The van der Waals surface area contributed by atoms with Crippen molar-refractivity contribution in [1.82, 2.24) is 0 Å². The summed E-state index contributed by atoms with van der Waals surface area (Å²) in [6, 6.07) is 3.75. The zero-order valence-corrected chi connectivity index (χ0v) is 10.9. The van der Waals surface area contributed by atoms with E-state index in [1.807, 2.05) is 0 Å². The summed E-state index contributed by atoms with van der Waals surface area (Å²) in [6.45, 7) is 0.852. The molecule has 1 N–H and O–H groups in total. The van der Waals surface area contributed by atoms with Crippen LogP contribution in [0.25, 0.3) is 0 Å². The van der Waals surface area contributed by atoms with Crippen LogP contribution in [-0.2, 0) is 11.4 Å². The number of aliphatic hydroxyl groups excluding tert-OH is 1.